The van der Waals surface area contributed by atoms with Crippen molar-refractivity contribution in [2.75, 3.05) is 7.11 Å². The normalized spacial score (nSPS) is 11.2. The second-order valence-corrected chi connectivity index (χ2v) is 7.14. The monoisotopic (exact) mass is 400 g/mol. The van der Waals surface area contributed by atoms with E-state index in [0.29, 0.717) is 17.2 Å². The van der Waals surface area contributed by atoms with E-state index >= 15 is 0 Å². The Morgan fingerprint density at radius 3 is 2.28 bits per heavy atom. The minimum Gasteiger partial charge on any atom is -0.496 e. The number of hydrogen-bond donors (Lipinski definition) is 0. The summed E-state index contributed by atoms with van der Waals surface area (Å²) in [7, 11) is 1.68. The Labute approximate surface area is 172 Å². The minimum absolute atomic E-state index is 0.561. The highest BCUT2D eigenvalue weighted by atomic mass is 35.5. The topological polar surface area (TPSA) is 52.8 Å². The molecule has 2 aromatic heterocycles. The second-order valence-electron chi connectivity index (χ2n) is 6.70. The number of fused-ring (bicyclic) bond motifs is 2. The predicted molar refractivity (Wildman–Crippen MR) is 115 cm³/mol. The number of halogens is 1. The average Bonchev–Trinajstić information content (AvgIpc) is 3.10. The molecule has 0 unspecified atom stereocenters. The Bertz CT molecular complexity index is 1330. The van der Waals surface area contributed by atoms with E-state index in [2.05, 4.69) is 4.57 Å². The third-order valence-corrected chi connectivity index (χ3v) is 5.13. The number of nitrogens with zero attached hydrogens (tertiary/aromatic N) is 4. The largest absolute Gasteiger partial charge is 0.496 e. The van der Waals surface area contributed by atoms with Gasteiger partial charge in [0.2, 0.25) is 0 Å². The van der Waals surface area contributed by atoms with Gasteiger partial charge in [-0.25, -0.2) is 15.0 Å². The zero-order chi connectivity index (χ0) is 19.8. The van der Waals surface area contributed by atoms with Crippen LogP contribution in [0.15, 0.2) is 72.8 Å². The lowest BCUT2D eigenvalue weighted by Crippen LogP contribution is -2.05. The first-order valence-corrected chi connectivity index (χ1v) is 9.61. The number of ether oxygens (including phenoxy) is 1. The van der Waals surface area contributed by atoms with Crippen molar-refractivity contribution in [2.45, 2.75) is 6.54 Å². The maximum Gasteiger partial charge on any atom is 0.198 e. The summed E-state index contributed by atoms with van der Waals surface area (Å²) in [5, 5.41) is 0.683. The minimum atomic E-state index is 0.561. The molecule has 3 aromatic carbocycles. The fourth-order valence-corrected chi connectivity index (χ4v) is 3.60. The molecular weight excluding hydrogens is 384 g/mol. The van der Waals surface area contributed by atoms with Crippen molar-refractivity contribution in [1.82, 2.24) is 19.5 Å². The van der Waals surface area contributed by atoms with Gasteiger partial charge in [-0.3, -0.25) is 0 Å². The maximum atomic E-state index is 6.09. The zero-order valence-electron chi connectivity index (χ0n) is 15.7. The van der Waals surface area contributed by atoms with Gasteiger partial charge in [0.25, 0.3) is 0 Å². The number of imidazole rings is 1. The average molecular weight is 401 g/mol. The van der Waals surface area contributed by atoms with E-state index in [-0.39, 0.29) is 0 Å². The van der Waals surface area contributed by atoms with Crippen LogP contribution >= 0.6 is 11.6 Å². The SMILES string of the molecule is COc1ccccc1Cn1c(-c2ccc(Cl)cc2)nc2nc3ccccc3nc21. The van der Waals surface area contributed by atoms with E-state index in [1.807, 2.05) is 72.8 Å². The first kappa shape index (κ1) is 17.6. The highest BCUT2D eigenvalue weighted by Crippen LogP contribution is 2.28. The molecule has 142 valence electrons. The highest BCUT2D eigenvalue weighted by Gasteiger charge is 2.17. The summed E-state index contributed by atoms with van der Waals surface area (Å²) in [5.74, 6) is 1.61. The van der Waals surface area contributed by atoms with Crippen LogP contribution in [0, 0.1) is 0 Å². The number of benzene rings is 3. The number of para-hydroxylation sites is 3. The van der Waals surface area contributed by atoms with Crippen LogP contribution in [0.5, 0.6) is 5.75 Å². The third kappa shape index (κ3) is 3.19. The van der Waals surface area contributed by atoms with Crippen LogP contribution in [-0.2, 0) is 6.54 Å². The molecule has 0 atom stereocenters. The summed E-state index contributed by atoms with van der Waals surface area (Å²) < 4.78 is 7.63. The molecule has 29 heavy (non-hydrogen) atoms. The fourth-order valence-electron chi connectivity index (χ4n) is 3.47. The number of methoxy groups -OCH3 is 1. The Kier molecular flexibility index (Phi) is 4.37. The van der Waals surface area contributed by atoms with Crippen molar-refractivity contribution >= 4 is 33.9 Å². The maximum absolute atomic E-state index is 6.09. The van der Waals surface area contributed by atoms with Crippen molar-refractivity contribution in [3.05, 3.63) is 83.4 Å². The van der Waals surface area contributed by atoms with Crippen molar-refractivity contribution in [1.29, 1.82) is 0 Å². The molecule has 0 amide bonds. The lowest BCUT2D eigenvalue weighted by atomic mass is 10.1. The molecule has 0 N–H and O–H groups in total. The van der Waals surface area contributed by atoms with Gasteiger partial charge in [0.15, 0.2) is 11.3 Å². The molecule has 0 bridgehead atoms. The predicted octanol–water partition coefficient (Wildman–Crippen LogP) is 5.36. The van der Waals surface area contributed by atoms with E-state index in [9.17, 15) is 0 Å². The Morgan fingerprint density at radius 1 is 0.828 bits per heavy atom. The molecule has 0 aliphatic carbocycles. The molecule has 2 heterocycles. The number of hydrogen-bond acceptors (Lipinski definition) is 4. The molecule has 0 spiro atoms. The number of rotatable bonds is 4. The van der Waals surface area contributed by atoms with E-state index < -0.39 is 0 Å². The lowest BCUT2D eigenvalue weighted by Gasteiger charge is -2.12. The Morgan fingerprint density at radius 2 is 1.52 bits per heavy atom. The smallest absolute Gasteiger partial charge is 0.198 e. The molecule has 0 saturated carbocycles. The molecule has 5 aromatic rings. The van der Waals surface area contributed by atoms with Gasteiger partial charge >= 0.3 is 0 Å². The Balaban J connectivity index is 1.76. The van der Waals surface area contributed by atoms with Crippen molar-refractivity contribution < 1.29 is 4.74 Å². The third-order valence-electron chi connectivity index (χ3n) is 4.88. The quantitative estimate of drug-likeness (QED) is 0.407. The lowest BCUT2D eigenvalue weighted by molar-refractivity contribution is 0.408. The number of aromatic nitrogens is 4. The van der Waals surface area contributed by atoms with Crippen LogP contribution in [0.1, 0.15) is 5.56 Å². The Hall–Kier alpha value is -3.44. The van der Waals surface area contributed by atoms with Crippen LogP contribution in [-0.4, -0.2) is 26.6 Å². The van der Waals surface area contributed by atoms with Crippen LogP contribution in [0.4, 0.5) is 0 Å². The summed E-state index contributed by atoms with van der Waals surface area (Å²) in [4.78, 5) is 14.4. The van der Waals surface area contributed by atoms with E-state index in [1.54, 1.807) is 7.11 Å². The summed E-state index contributed by atoms with van der Waals surface area (Å²) >= 11 is 6.09. The molecule has 5 rings (SSSR count). The molecule has 0 aliphatic rings. The summed E-state index contributed by atoms with van der Waals surface area (Å²) in [6.45, 7) is 0.561. The van der Waals surface area contributed by atoms with Gasteiger partial charge in [-0.15, -0.1) is 0 Å². The molecular formula is C23H17ClN4O. The van der Waals surface area contributed by atoms with Crippen molar-refractivity contribution in [3.8, 4) is 17.1 Å². The van der Waals surface area contributed by atoms with Crippen LogP contribution in [0.3, 0.4) is 0 Å². The van der Waals surface area contributed by atoms with Gasteiger partial charge < -0.3 is 9.30 Å². The van der Waals surface area contributed by atoms with Gasteiger partial charge in [-0.1, -0.05) is 41.9 Å². The molecule has 0 fully saturated rings. The van der Waals surface area contributed by atoms with Crippen molar-refractivity contribution in [3.63, 3.8) is 0 Å². The van der Waals surface area contributed by atoms with Crippen LogP contribution < -0.4 is 4.74 Å². The molecule has 0 aliphatic heterocycles. The molecule has 0 saturated heterocycles. The van der Waals surface area contributed by atoms with Crippen LogP contribution in [0.25, 0.3) is 33.7 Å². The summed E-state index contributed by atoms with van der Waals surface area (Å²) in [6.07, 6.45) is 0. The highest BCUT2D eigenvalue weighted by molar-refractivity contribution is 6.30. The van der Waals surface area contributed by atoms with E-state index in [0.717, 1.165) is 39.4 Å². The van der Waals surface area contributed by atoms with Gasteiger partial charge in [-0.05, 0) is 42.5 Å². The van der Waals surface area contributed by atoms with Crippen molar-refractivity contribution in [2.24, 2.45) is 0 Å². The molecule has 0 radical (unpaired) electrons. The zero-order valence-corrected chi connectivity index (χ0v) is 16.5. The summed E-state index contributed by atoms with van der Waals surface area (Å²) in [5.41, 5.74) is 5.00. The first-order valence-electron chi connectivity index (χ1n) is 9.24. The van der Waals surface area contributed by atoms with Gasteiger partial charge in [0.05, 0.1) is 24.7 Å². The molecule has 5 nitrogen and oxygen atoms in total. The fraction of sp³-hybridized carbons (Fsp3) is 0.0870. The van der Waals surface area contributed by atoms with Gasteiger partial charge in [0.1, 0.15) is 11.6 Å². The van der Waals surface area contributed by atoms with E-state index in [4.69, 9.17) is 31.3 Å². The first-order chi connectivity index (χ1) is 14.2. The van der Waals surface area contributed by atoms with Gasteiger partial charge in [-0.2, -0.15) is 0 Å². The second kappa shape index (κ2) is 7.18. The van der Waals surface area contributed by atoms with E-state index in [1.165, 1.54) is 0 Å². The summed E-state index contributed by atoms with van der Waals surface area (Å²) in [6, 6.07) is 23.4. The van der Waals surface area contributed by atoms with Gasteiger partial charge in [0, 0.05) is 16.1 Å². The molecule has 6 heteroatoms. The van der Waals surface area contributed by atoms with Crippen LogP contribution in [0.2, 0.25) is 5.02 Å². The standard InChI is InChI=1S/C23H17ClN4O/c1-29-20-9-5-2-6-16(20)14-28-22(15-10-12-17(24)13-11-15)27-21-23(28)26-19-8-4-3-7-18(19)25-21/h2-13H,14H2,1H3.